The van der Waals surface area contributed by atoms with Crippen molar-refractivity contribution in [1.82, 2.24) is 10.2 Å². The van der Waals surface area contributed by atoms with E-state index in [0.29, 0.717) is 0 Å². The van der Waals surface area contributed by atoms with Gasteiger partial charge in [-0.2, -0.15) is 5.26 Å². The van der Waals surface area contributed by atoms with Crippen molar-refractivity contribution < 1.29 is 0 Å². The lowest BCUT2D eigenvalue weighted by Gasteiger charge is -2.20. The van der Waals surface area contributed by atoms with E-state index in [1.807, 2.05) is 6.92 Å². The third kappa shape index (κ3) is 5.95. The second-order valence-corrected chi connectivity index (χ2v) is 3.46. The van der Waals surface area contributed by atoms with Crippen LogP contribution in [0.2, 0.25) is 0 Å². The van der Waals surface area contributed by atoms with Crippen molar-refractivity contribution in [2.45, 2.75) is 39.7 Å². The number of nitrogens with zero attached hydrogens (tertiary/aromatic N) is 2. The first-order valence-corrected chi connectivity index (χ1v) is 5.63. The highest BCUT2D eigenvalue weighted by Crippen LogP contribution is 1.97. The molecule has 0 rings (SSSR count). The highest BCUT2D eigenvalue weighted by Gasteiger charge is 2.07. The van der Waals surface area contributed by atoms with Gasteiger partial charge in [0.15, 0.2) is 0 Å². The molecule has 82 valence electrons. The van der Waals surface area contributed by atoms with Crippen LogP contribution in [0.4, 0.5) is 0 Å². The monoisotopic (exact) mass is 197 g/mol. The van der Waals surface area contributed by atoms with E-state index in [0.717, 1.165) is 32.6 Å². The summed E-state index contributed by atoms with van der Waals surface area (Å²) in [5.41, 5.74) is 0. The molecule has 0 aliphatic heterocycles. The van der Waals surface area contributed by atoms with Crippen LogP contribution in [0.15, 0.2) is 0 Å². The Kier molecular flexibility index (Phi) is 8.61. The van der Waals surface area contributed by atoms with E-state index in [4.69, 9.17) is 5.26 Å². The molecule has 3 heteroatoms. The number of nitriles is 1. The molecule has 0 aliphatic rings. The summed E-state index contributed by atoms with van der Waals surface area (Å²) < 4.78 is 0. The van der Waals surface area contributed by atoms with Crippen molar-refractivity contribution in [3.63, 3.8) is 0 Å². The van der Waals surface area contributed by atoms with E-state index in [9.17, 15) is 0 Å². The molecule has 0 aliphatic carbocycles. The summed E-state index contributed by atoms with van der Waals surface area (Å²) in [6.07, 6.45) is 2.12. The summed E-state index contributed by atoms with van der Waals surface area (Å²) in [4.78, 5) is 2.39. The van der Waals surface area contributed by atoms with Gasteiger partial charge in [0.1, 0.15) is 0 Å². The summed E-state index contributed by atoms with van der Waals surface area (Å²) >= 11 is 0. The fraction of sp³-hybridized carbons (Fsp3) is 0.909. The Labute approximate surface area is 88.1 Å². The quantitative estimate of drug-likeness (QED) is 0.642. The Balaban J connectivity index is 3.70. The predicted octanol–water partition coefficient (Wildman–Crippen LogP) is 1.61. The molecule has 1 N–H and O–H groups in total. The topological polar surface area (TPSA) is 39.1 Å². The molecule has 0 saturated heterocycles. The molecule has 0 aromatic carbocycles. The van der Waals surface area contributed by atoms with Crippen LogP contribution in [0, 0.1) is 11.3 Å². The molecule has 0 aromatic heterocycles. The van der Waals surface area contributed by atoms with Gasteiger partial charge in [0, 0.05) is 6.54 Å². The molecule has 0 bridgehead atoms. The largest absolute Gasteiger partial charge is 0.304 e. The number of rotatable bonds is 8. The number of hydrogen-bond donors (Lipinski definition) is 1. The van der Waals surface area contributed by atoms with Gasteiger partial charge in [-0.15, -0.1) is 0 Å². The zero-order valence-corrected chi connectivity index (χ0v) is 9.71. The van der Waals surface area contributed by atoms with Crippen LogP contribution in [0.3, 0.4) is 0 Å². The van der Waals surface area contributed by atoms with E-state index in [-0.39, 0.29) is 6.04 Å². The SMILES string of the molecule is CCCN(CC)CCC(C#N)NCC. The first kappa shape index (κ1) is 13.4. The number of nitrogens with one attached hydrogen (secondary N) is 1. The van der Waals surface area contributed by atoms with E-state index in [2.05, 4.69) is 30.1 Å². The minimum atomic E-state index is 0.0194. The van der Waals surface area contributed by atoms with Gasteiger partial charge in [-0.3, -0.25) is 0 Å². The van der Waals surface area contributed by atoms with E-state index in [1.54, 1.807) is 0 Å². The second kappa shape index (κ2) is 8.98. The average Bonchev–Trinajstić information content (AvgIpc) is 2.22. The molecule has 3 nitrogen and oxygen atoms in total. The standard InChI is InChI=1S/C11H23N3/c1-4-8-14(6-3)9-7-11(10-12)13-5-2/h11,13H,4-9H2,1-3H3. The molecule has 0 aromatic rings. The summed E-state index contributed by atoms with van der Waals surface area (Å²) in [6, 6.07) is 2.31. The Bertz CT molecular complexity index is 162. The smallest absolute Gasteiger partial charge is 0.0965 e. The Hall–Kier alpha value is -0.590. The van der Waals surface area contributed by atoms with Gasteiger partial charge < -0.3 is 10.2 Å². The molecule has 0 spiro atoms. The van der Waals surface area contributed by atoms with Crippen LogP contribution in [-0.2, 0) is 0 Å². The van der Waals surface area contributed by atoms with Crippen LogP contribution in [-0.4, -0.2) is 37.1 Å². The van der Waals surface area contributed by atoms with E-state index >= 15 is 0 Å². The van der Waals surface area contributed by atoms with Gasteiger partial charge in [-0.25, -0.2) is 0 Å². The summed E-state index contributed by atoms with van der Waals surface area (Å²) in [5.74, 6) is 0. The lowest BCUT2D eigenvalue weighted by atomic mass is 10.2. The van der Waals surface area contributed by atoms with Crippen molar-refractivity contribution in [3.8, 4) is 6.07 Å². The lowest BCUT2D eigenvalue weighted by Crippen LogP contribution is -2.33. The van der Waals surface area contributed by atoms with Crippen LogP contribution >= 0.6 is 0 Å². The van der Waals surface area contributed by atoms with Crippen molar-refractivity contribution in [2.75, 3.05) is 26.2 Å². The van der Waals surface area contributed by atoms with Gasteiger partial charge in [-0.1, -0.05) is 20.8 Å². The van der Waals surface area contributed by atoms with E-state index < -0.39 is 0 Å². The minimum absolute atomic E-state index is 0.0194. The fourth-order valence-corrected chi connectivity index (χ4v) is 1.51. The third-order valence-corrected chi connectivity index (χ3v) is 2.33. The molecule has 0 heterocycles. The first-order chi connectivity index (χ1) is 6.78. The Morgan fingerprint density at radius 1 is 1.29 bits per heavy atom. The molecule has 0 radical (unpaired) electrons. The molecule has 0 amide bonds. The Morgan fingerprint density at radius 2 is 2.00 bits per heavy atom. The Morgan fingerprint density at radius 3 is 2.43 bits per heavy atom. The zero-order valence-electron chi connectivity index (χ0n) is 9.71. The third-order valence-electron chi connectivity index (χ3n) is 2.33. The van der Waals surface area contributed by atoms with Gasteiger partial charge in [0.25, 0.3) is 0 Å². The van der Waals surface area contributed by atoms with E-state index in [1.165, 1.54) is 6.42 Å². The van der Waals surface area contributed by atoms with Gasteiger partial charge in [0.05, 0.1) is 12.1 Å². The molecular weight excluding hydrogens is 174 g/mol. The molecule has 0 fully saturated rings. The summed E-state index contributed by atoms with van der Waals surface area (Å²) in [5, 5.41) is 12.0. The van der Waals surface area contributed by atoms with Crippen molar-refractivity contribution in [3.05, 3.63) is 0 Å². The minimum Gasteiger partial charge on any atom is -0.304 e. The average molecular weight is 197 g/mol. The summed E-state index contributed by atoms with van der Waals surface area (Å²) in [7, 11) is 0. The highest BCUT2D eigenvalue weighted by molar-refractivity contribution is 4.89. The van der Waals surface area contributed by atoms with Gasteiger partial charge in [0.2, 0.25) is 0 Å². The zero-order chi connectivity index (χ0) is 10.8. The van der Waals surface area contributed by atoms with Gasteiger partial charge in [-0.05, 0) is 32.5 Å². The van der Waals surface area contributed by atoms with Crippen molar-refractivity contribution >= 4 is 0 Å². The maximum Gasteiger partial charge on any atom is 0.0965 e. The van der Waals surface area contributed by atoms with Crippen LogP contribution < -0.4 is 5.32 Å². The van der Waals surface area contributed by atoms with Crippen LogP contribution in [0.1, 0.15) is 33.6 Å². The molecule has 1 atom stereocenters. The molecular formula is C11H23N3. The van der Waals surface area contributed by atoms with Gasteiger partial charge >= 0.3 is 0 Å². The normalized spacial score (nSPS) is 12.8. The lowest BCUT2D eigenvalue weighted by molar-refractivity contribution is 0.277. The fourth-order valence-electron chi connectivity index (χ4n) is 1.51. The van der Waals surface area contributed by atoms with Crippen LogP contribution in [0.5, 0.6) is 0 Å². The highest BCUT2D eigenvalue weighted by atomic mass is 15.1. The first-order valence-electron chi connectivity index (χ1n) is 5.63. The second-order valence-electron chi connectivity index (χ2n) is 3.46. The molecule has 0 saturated carbocycles. The maximum atomic E-state index is 8.84. The predicted molar refractivity (Wildman–Crippen MR) is 60.1 cm³/mol. The van der Waals surface area contributed by atoms with Crippen molar-refractivity contribution in [1.29, 1.82) is 5.26 Å². The van der Waals surface area contributed by atoms with Crippen molar-refractivity contribution in [2.24, 2.45) is 0 Å². The maximum absolute atomic E-state index is 8.84. The summed E-state index contributed by atoms with van der Waals surface area (Å²) in [6.45, 7) is 10.5. The van der Waals surface area contributed by atoms with Crippen LogP contribution in [0.25, 0.3) is 0 Å². The number of hydrogen-bond acceptors (Lipinski definition) is 3. The molecule has 14 heavy (non-hydrogen) atoms. The molecule has 1 unspecified atom stereocenters.